The average Bonchev–Trinajstić information content (AvgIpc) is 3.19. The zero-order chi connectivity index (χ0) is 16.5. The molecule has 0 radical (unpaired) electrons. The molecule has 0 spiro atoms. The first-order chi connectivity index (χ1) is 11.7. The van der Waals surface area contributed by atoms with Crippen LogP contribution in [0.3, 0.4) is 0 Å². The Morgan fingerprint density at radius 3 is 2.92 bits per heavy atom. The molecule has 2 aromatic heterocycles. The molecule has 0 aromatic carbocycles. The fourth-order valence-corrected chi connectivity index (χ4v) is 3.11. The Hall–Kier alpha value is -2.15. The van der Waals surface area contributed by atoms with Crippen molar-refractivity contribution in [3.8, 4) is 0 Å². The molecular weight excluding hydrogens is 308 g/mol. The largest absolute Gasteiger partial charge is 0.381 e. The molecule has 24 heavy (non-hydrogen) atoms. The Balaban J connectivity index is 1.48. The van der Waals surface area contributed by atoms with E-state index in [4.69, 9.17) is 9.26 Å². The van der Waals surface area contributed by atoms with Crippen molar-refractivity contribution in [2.24, 2.45) is 11.8 Å². The third-order valence-electron chi connectivity index (χ3n) is 4.61. The predicted molar refractivity (Wildman–Crippen MR) is 85.2 cm³/mol. The summed E-state index contributed by atoms with van der Waals surface area (Å²) in [5, 5.41) is 8.25. The van der Waals surface area contributed by atoms with E-state index in [1.807, 2.05) is 15.6 Å². The number of ether oxygens (including phenoxy) is 1. The van der Waals surface area contributed by atoms with Crippen LogP contribution in [0.2, 0.25) is 0 Å². The number of hydrogen-bond acceptors (Lipinski definition) is 5. The molecule has 2 aliphatic rings. The summed E-state index contributed by atoms with van der Waals surface area (Å²) in [7, 11) is 0. The van der Waals surface area contributed by atoms with Gasteiger partial charge in [0.2, 0.25) is 0 Å². The van der Waals surface area contributed by atoms with Crippen LogP contribution in [0.1, 0.15) is 34.8 Å². The van der Waals surface area contributed by atoms with Crippen molar-refractivity contribution in [3.05, 3.63) is 35.5 Å². The highest BCUT2D eigenvalue weighted by atomic mass is 16.5. The average molecular weight is 330 g/mol. The molecule has 0 saturated heterocycles. The number of nitrogens with zero attached hydrogens (tertiary/aromatic N) is 4. The Labute approximate surface area is 140 Å². The molecule has 0 N–H and O–H groups in total. The van der Waals surface area contributed by atoms with Gasteiger partial charge >= 0.3 is 0 Å². The Kier molecular flexibility index (Phi) is 4.10. The smallest absolute Gasteiger partial charge is 0.276 e. The lowest BCUT2D eigenvalue weighted by Crippen LogP contribution is -2.35. The van der Waals surface area contributed by atoms with E-state index in [1.54, 1.807) is 19.2 Å². The molecule has 2 aromatic rings. The monoisotopic (exact) mass is 330 g/mol. The molecule has 0 bridgehead atoms. The third-order valence-corrected chi connectivity index (χ3v) is 4.61. The van der Waals surface area contributed by atoms with E-state index in [0.717, 1.165) is 24.8 Å². The second-order valence-electron chi connectivity index (χ2n) is 6.86. The summed E-state index contributed by atoms with van der Waals surface area (Å²) >= 11 is 0. The zero-order valence-corrected chi connectivity index (χ0v) is 13.9. The molecule has 1 aliphatic carbocycles. The molecule has 1 aliphatic heterocycles. The van der Waals surface area contributed by atoms with Gasteiger partial charge < -0.3 is 14.2 Å². The molecule has 1 atom stereocenters. The minimum Gasteiger partial charge on any atom is -0.381 e. The Morgan fingerprint density at radius 2 is 2.17 bits per heavy atom. The molecule has 3 heterocycles. The highest BCUT2D eigenvalue weighted by Crippen LogP contribution is 2.29. The van der Waals surface area contributed by atoms with Crippen molar-refractivity contribution in [1.29, 1.82) is 0 Å². The van der Waals surface area contributed by atoms with Crippen LogP contribution in [0.15, 0.2) is 22.9 Å². The molecule has 4 rings (SSSR count). The van der Waals surface area contributed by atoms with Crippen LogP contribution < -0.4 is 0 Å². The van der Waals surface area contributed by atoms with E-state index in [9.17, 15) is 4.79 Å². The minimum absolute atomic E-state index is 0.103. The van der Waals surface area contributed by atoms with E-state index in [1.165, 1.54) is 12.8 Å². The molecule has 1 amide bonds. The molecule has 7 nitrogen and oxygen atoms in total. The normalized spacial score (nSPS) is 20.7. The topological polar surface area (TPSA) is 73.4 Å². The van der Waals surface area contributed by atoms with E-state index in [-0.39, 0.29) is 11.8 Å². The number of carbonyl (C=O) groups is 1. The maximum Gasteiger partial charge on any atom is 0.276 e. The number of amides is 1. The van der Waals surface area contributed by atoms with Crippen LogP contribution in [0.5, 0.6) is 0 Å². The summed E-state index contributed by atoms with van der Waals surface area (Å²) in [6.45, 7) is 5.21. The highest BCUT2D eigenvalue weighted by Gasteiger charge is 2.28. The third kappa shape index (κ3) is 3.36. The van der Waals surface area contributed by atoms with Crippen LogP contribution in [0.25, 0.3) is 0 Å². The van der Waals surface area contributed by atoms with Gasteiger partial charge in [0, 0.05) is 37.9 Å². The first-order valence-corrected chi connectivity index (χ1v) is 8.50. The lowest BCUT2D eigenvalue weighted by molar-refractivity contribution is 0.0561. The summed E-state index contributed by atoms with van der Waals surface area (Å²) in [4.78, 5) is 14.6. The van der Waals surface area contributed by atoms with E-state index >= 15 is 0 Å². The van der Waals surface area contributed by atoms with Gasteiger partial charge in [-0.15, -0.1) is 0 Å². The molecule has 128 valence electrons. The number of rotatable bonds is 5. The van der Waals surface area contributed by atoms with E-state index in [2.05, 4.69) is 10.3 Å². The van der Waals surface area contributed by atoms with Crippen molar-refractivity contribution in [3.63, 3.8) is 0 Å². The standard InChI is InChI=1S/C17H22N4O3/c1-12-6-16(19-24-12)17(22)20-7-14(11-23-10-13-2-3-13)8-21-15(9-20)4-5-18-21/h4-6,13-14H,2-3,7-11H2,1H3/t14-/m0/s1. The molecule has 7 heteroatoms. The quantitative estimate of drug-likeness (QED) is 0.837. The van der Waals surface area contributed by atoms with Crippen molar-refractivity contribution in [2.45, 2.75) is 32.9 Å². The number of hydrogen-bond donors (Lipinski definition) is 0. The first-order valence-electron chi connectivity index (χ1n) is 8.50. The molecular formula is C17H22N4O3. The summed E-state index contributed by atoms with van der Waals surface area (Å²) in [5.41, 5.74) is 1.39. The fourth-order valence-electron chi connectivity index (χ4n) is 3.11. The molecule has 1 fully saturated rings. The van der Waals surface area contributed by atoms with Gasteiger partial charge in [0.25, 0.3) is 5.91 Å². The highest BCUT2D eigenvalue weighted by molar-refractivity contribution is 5.92. The van der Waals surface area contributed by atoms with Gasteiger partial charge in [-0.3, -0.25) is 9.48 Å². The minimum atomic E-state index is -0.103. The van der Waals surface area contributed by atoms with Gasteiger partial charge in [0.1, 0.15) is 5.76 Å². The second kappa shape index (κ2) is 6.39. The number of fused-ring (bicyclic) bond motifs is 1. The van der Waals surface area contributed by atoms with Gasteiger partial charge in [-0.25, -0.2) is 0 Å². The van der Waals surface area contributed by atoms with Gasteiger partial charge in [-0.2, -0.15) is 5.10 Å². The van der Waals surface area contributed by atoms with Gasteiger partial charge in [-0.05, 0) is 31.7 Å². The van der Waals surface area contributed by atoms with Crippen LogP contribution in [-0.4, -0.2) is 45.5 Å². The SMILES string of the molecule is Cc1cc(C(=O)N2Cc3ccnn3C[C@@H](COCC3CC3)C2)no1. The van der Waals surface area contributed by atoms with Gasteiger partial charge in [0.15, 0.2) is 5.69 Å². The zero-order valence-electron chi connectivity index (χ0n) is 13.9. The maximum atomic E-state index is 12.8. The Bertz CT molecular complexity index is 719. The predicted octanol–water partition coefficient (Wildman–Crippen LogP) is 1.88. The van der Waals surface area contributed by atoms with Crippen molar-refractivity contribution in [2.75, 3.05) is 19.8 Å². The van der Waals surface area contributed by atoms with Crippen LogP contribution in [-0.2, 0) is 17.8 Å². The fraction of sp³-hybridized carbons (Fsp3) is 0.588. The van der Waals surface area contributed by atoms with Crippen LogP contribution in [0.4, 0.5) is 0 Å². The van der Waals surface area contributed by atoms with E-state index < -0.39 is 0 Å². The lowest BCUT2D eigenvalue weighted by atomic mass is 10.1. The van der Waals surface area contributed by atoms with Gasteiger partial charge in [0.05, 0.1) is 18.8 Å². The van der Waals surface area contributed by atoms with Gasteiger partial charge in [-0.1, -0.05) is 5.16 Å². The van der Waals surface area contributed by atoms with Crippen LogP contribution in [0, 0.1) is 18.8 Å². The number of aryl methyl sites for hydroxylation is 1. The lowest BCUT2D eigenvalue weighted by Gasteiger charge is -2.23. The summed E-state index contributed by atoms with van der Waals surface area (Å²) in [6.07, 6.45) is 4.35. The van der Waals surface area contributed by atoms with Crippen molar-refractivity contribution < 1.29 is 14.1 Å². The summed E-state index contributed by atoms with van der Waals surface area (Å²) in [6, 6.07) is 3.64. The number of carbonyl (C=O) groups excluding carboxylic acids is 1. The molecule has 0 unspecified atom stereocenters. The number of aromatic nitrogens is 3. The second-order valence-corrected chi connectivity index (χ2v) is 6.86. The van der Waals surface area contributed by atoms with Crippen molar-refractivity contribution >= 4 is 5.91 Å². The van der Waals surface area contributed by atoms with Crippen molar-refractivity contribution in [1.82, 2.24) is 19.8 Å². The Morgan fingerprint density at radius 1 is 1.33 bits per heavy atom. The van der Waals surface area contributed by atoms with E-state index in [0.29, 0.717) is 31.2 Å². The first kappa shape index (κ1) is 15.4. The maximum absolute atomic E-state index is 12.8. The summed E-state index contributed by atoms with van der Waals surface area (Å²) in [5.74, 6) is 1.50. The van der Waals surface area contributed by atoms with Crippen LogP contribution >= 0.6 is 0 Å². The molecule has 1 saturated carbocycles. The summed E-state index contributed by atoms with van der Waals surface area (Å²) < 4.78 is 12.9.